The summed E-state index contributed by atoms with van der Waals surface area (Å²) in [5, 5.41) is 0. The smallest absolute Gasteiger partial charge is 0.0253 e. The molecule has 0 nitrogen and oxygen atoms in total. The molecule has 4 aromatic rings. The van der Waals surface area contributed by atoms with Crippen LogP contribution < -0.4 is 24.8 Å². The Hall–Kier alpha value is -1.66. The molecule has 0 heterocycles. The van der Waals surface area contributed by atoms with Crippen LogP contribution in [0.1, 0.15) is 80.5 Å². The van der Waals surface area contributed by atoms with Crippen LogP contribution in [0.5, 0.6) is 0 Å². The SMILES string of the molecule is CCc1cc(C(C)(C)C)c(CC)[cH-]1.C[C](=[Zr+2])c1ccc(C)cc1.[Cl-].[Cl-].[c-]1cccc2c1Cc1ccccc1-2. The Kier molecular flexibility index (Phi) is 14.3. The molecule has 0 unspecified atom stereocenters. The molecule has 3 heteroatoms. The topological polar surface area (TPSA) is 0 Å². The molecule has 38 heavy (non-hydrogen) atoms. The Morgan fingerprint density at radius 1 is 0.895 bits per heavy atom. The second-order valence-electron chi connectivity index (χ2n) is 10.6. The van der Waals surface area contributed by atoms with Crippen LogP contribution in [0, 0.1) is 13.0 Å². The van der Waals surface area contributed by atoms with Gasteiger partial charge in [-0.1, -0.05) is 88.3 Å². The first-order valence-electron chi connectivity index (χ1n) is 13.1. The average molecular weight is 623 g/mol. The number of hydrogen-bond acceptors (Lipinski definition) is 0. The van der Waals surface area contributed by atoms with E-state index in [1.165, 1.54) is 77.5 Å². The molecule has 0 aromatic heterocycles. The summed E-state index contributed by atoms with van der Waals surface area (Å²) in [6, 6.07) is 31.5. The summed E-state index contributed by atoms with van der Waals surface area (Å²) in [6.45, 7) is 15.6. The molecule has 5 rings (SSSR count). The van der Waals surface area contributed by atoms with Crippen molar-refractivity contribution in [2.24, 2.45) is 0 Å². The van der Waals surface area contributed by atoms with Gasteiger partial charge in [0.05, 0.1) is 0 Å². The Balaban J connectivity index is 0.000000281. The summed E-state index contributed by atoms with van der Waals surface area (Å²) in [4.78, 5) is 0. The summed E-state index contributed by atoms with van der Waals surface area (Å²) >= 11 is 1.51. The second-order valence-corrected chi connectivity index (χ2v) is 12.5. The number of benzene rings is 3. The van der Waals surface area contributed by atoms with Gasteiger partial charge in [0.1, 0.15) is 0 Å². The van der Waals surface area contributed by atoms with Gasteiger partial charge < -0.3 is 24.8 Å². The first kappa shape index (κ1) is 34.4. The Morgan fingerprint density at radius 2 is 1.53 bits per heavy atom. The van der Waals surface area contributed by atoms with Gasteiger partial charge in [0.25, 0.3) is 0 Å². The normalized spacial score (nSPS) is 10.9. The minimum atomic E-state index is 0. The first-order chi connectivity index (χ1) is 17.1. The summed E-state index contributed by atoms with van der Waals surface area (Å²) in [6.07, 6.45) is 3.36. The molecule has 0 saturated heterocycles. The minimum absolute atomic E-state index is 0. The molecule has 0 aliphatic heterocycles. The van der Waals surface area contributed by atoms with Gasteiger partial charge in [-0.3, -0.25) is 0 Å². The molecule has 0 N–H and O–H groups in total. The fourth-order valence-electron chi connectivity index (χ4n) is 4.62. The third-order valence-corrected chi connectivity index (χ3v) is 7.44. The zero-order valence-corrected chi connectivity index (χ0v) is 27.9. The maximum atomic E-state index is 3.30. The monoisotopic (exact) mass is 620 g/mol. The van der Waals surface area contributed by atoms with Crippen LogP contribution in [0.3, 0.4) is 0 Å². The van der Waals surface area contributed by atoms with Crippen LogP contribution >= 0.6 is 0 Å². The van der Waals surface area contributed by atoms with E-state index < -0.39 is 0 Å². The van der Waals surface area contributed by atoms with E-state index in [2.05, 4.69) is 127 Å². The molecule has 0 bridgehead atoms. The molecule has 1 aliphatic carbocycles. The second kappa shape index (κ2) is 15.8. The van der Waals surface area contributed by atoms with Gasteiger partial charge in [0, 0.05) is 0 Å². The molecule has 0 amide bonds. The van der Waals surface area contributed by atoms with Crippen LogP contribution in [-0.2, 0) is 48.9 Å². The third kappa shape index (κ3) is 9.22. The van der Waals surface area contributed by atoms with E-state index in [1.807, 2.05) is 6.07 Å². The zero-order valence-electron chi connectivity index (χ0n) is 23.9. The fraction of sp³-hybridized carbons (Fsp3) is 0.314. The van der Waals surface area contributed by atoms with Crippen LogP contribution in [-0.4, -0.2) is 3.21 Å². The van der Waals surface area contributed by atoms with Crippen molar-refractivity contribution in [2.75, 3.05) is 0 Å². The molecule has 1 aliphatic rings. The molecular formula is C35H40Cl2Zr-2. The van der Waals surface area contributed by atoms with Crippen LogP contribution in [0.4, 0.5) is 0 Å². The van der Waals surface area contributed by atoms with Crippen molar-refractivity contribution in [2.45, 2.75) is 73.1 Å². The molecule has 0 fully saturated rings. The predicted molar refractivity (Wildman–Crippen MR) is 154 cm³/mol. The van der Waals surface area contributed by atoms with Crippen molar-refractivity contribution >= 4 is 3.21 Å². The summed E-state index contributed by atoms with van der Waals surface area (Å²) < 4.78 is 1.46. The Morgan fingerprint density at radius 3 is 2.08 bits per heavy atom. The number of aryl methyl sites for hydroxylation is 3. The predicted octanol–water partition coefficient (Wildman–Crippen LogP) is 2.98. The molecule has 0 radical (unpaired) electrons. The van der Waals surface area contributed by atoms with Gasteiger partial charge in [-0.05, 0) is 6.42 Å². The summed E-state index contributed by atoms with van der Waals surface area (Å²) in [5.74, 6) is 0. The van der Waals surface area contributed by atoms with Crippen LogP contribution in [0.15, 0.2) is 78.9 Å². The quantitative estimate of drug-likeness (QED) is 0.272. The Bertz CT molecular complexity index is 1250. The molecule has 0 spiro atoms. The molecular weight excluding hydrogens is 583 g/mol. The molecule has 4 aromatic carbocycles. The van der Waals surface area contributed by atoms with E-state index in [4.69, 9.17) is 0 Å². The van der Waals surface area contributed by atoms with Crippen LogP contribution in [0.2, 0.25) is 0 Å². The maximum absolute atomic E-state index is 3.30. The van der Waals surface area contributed by atoms with Crippen molar-refractivity contribution in [1.82, 2.24) is 0 Å². The Labute approximate surface area is 258 Å². The average Bonchev–Trinajstić information content (AvgIpc) is 3.47. The number of fused-ring (bicyclic) bond motifs is 3. The van der Waals surface area contributed by atoms with E-state index in [-0.39, 0.29) is 24.8 Å². The fourth-order valence-corrected chi connectivity index (χ4v) is 5.03. The van der Waals surface area contributed by atoms with Gasteiger partial charge in [0.2, 0.25) is 0 Å². The van der Waals surface area contributed by atoms with Gasteiger partial charge in [0.15, 0.2) is 0 Å². The third-order valence-electron chi connectivity index (χ3n) is 6.73. The largest absolute Gasteiger partial charge is 1.00 e. The van der Waals surface area contributed by atoms with E-state index in [0.717, 1.165) is 19.3 Å². The van der Waals surface area contributed by atoms with E-state index >= 15 is 0 Å². The van der Waals surface area contributed by atoms with Crippen LogP contribution in [0.25, 0.3) is 11.1 Å². The number of hydrogen-bond donors (Lipinski definition) is 0. The van der Waals surface area contributed by atoms with Gasteiger partial charge in [-0.25, -0.2) is 6.07 Å². The van der Waals surface area contributed by atoms with Gasteiger partial charge in [-0.2, -0.15) is 52.6 Å². The van der Waals surface area contributed by atoms with Crippen molar-refractivity contribution < 1.29 is 49.0 Å². The van der Waals surface area contributed by atoms with E-state index in [9.17, 15) is 0 Å². The minimum Gasteiger partial charge on any atom is -1.00 e. The van der Waals surface area contributed by atoms with Crippen molar-refractivity contribution in [3.8, 4) is 11.1 Å². The zero-order chi connectivity index (χ0) is 26.3. The van der Waals surface area contributed by atoms with Crippen molar-refractivity contribution in [3.63, 3.8) is 0 Å². The number of halogens is 2. The summed E-state index contributed by atoms with van der Waals surface area (Å²) in [7, 11) is 0. The molecule has 0 saturated carbocycles. The first-order valence-corrected chi connectivity index (χ1v) is 14.4. The number of rotatable bonds is 3. The summed E-state index contributed by atoms with van der Waals surface area (Å²) in [5.41, 5.74) is 13.1. The molecule has 0 atom stereocenters. The van der Waals surface area contributed by atoms with Crippen molar-refractivity contribution in [3.05, 3.63) is 124 Å². The van der Waals surface area contributed by atoms with Gasteiger partial charge >= 0.3 is 76.7 Å². The van der Waals surface area contributed by atoms with E-state index in [0.29, 0.717) is 5.41 Å². The maximum Gasteiger partial charge on any atom is -0.0253 e. The van der Waals surface area contributed by atoms with Crippen molar-refractivity contribution in [1.29, 1.82) is 0 Å². The van der Waals surface area contributed by atoms with Gasteiger partial charge in [-0.15, -0.1) is 5.56 Å². The molecule has 200 valence electrons. The standard InChI is InChI=1S/C13H9.C13H21.C9H10.2ClH.Zr/c1-3-7-12-10(5-1)9-11-6-2-4-8-13(11)12;1-6-10-8-11(7-2)12(9-10)13(3,4)5;1-3-9-6-4-8(2)5-7-9;;;/h1-5,7-8H,9H2;8-9H,6-7H2,1-5H3;4-7H,1-2H3;2*1H;/q2*-1;;;;+2/p-2. The van der Waals surface area contributed by atoms with E-state index in [1.54, 1.807) is 0 Å².